The number of rotatable bonds is 7. The lowest BCUT2D eigenvalue weighted by Gasteiger charge is -2.24. The van der Waals surface area contributed by atoms with Crippen LogP contribution >= 0.6 is 0 Å². The van der Waals surface area contributed by atoms with Crippen LogP contribution in [-0.4, -0.2) is 26.7 Å². The number of benzene rings is 2. The minimum absolute atomic E-state index is 0.0976. The summed E-state index contributed by atoms with van der Waals surface area (Å²) in [4.78, 5) is 12.5. The van der Waals surface area contributed by atoms with Gasteiger partial charge in [-0.2, -0.15) is 0 Å². The third-order valence-corrected chi connectivity index (χ3v) is 4.28. The molecule has 0 saturated heterocycles. The van der Waals surface area contributed by atoms with Crippen LogP contribution in [0.3, 0.4) is 0 Å². The summed E-state index contributed by atoms with van der Waals surface area (Å²) < 4.78 is 23.6. The summed E-state index contributed by atoms with van der Waals surface area (Å²) >= 11 is 0. The Morgan fingerprint density at radius 2 is 1.68 bits per heavy atom. The van der Waals surface area contributed by atoms with Crippen LogP contribution in [0.4, 0.5) is 4.39 Å². The number of methoxy groups -OCH3 is 2. The van der Waals surface area contributed by atoms with E-state index in [9.17, 15) is 9.18 Å². The molecule has 0 heterocycles. The molecule has 1 N–H and O–H groups in total. The van der Waals surface area contributed by atoms with Crippen molar-refractivity contribution >= 4 is 5.91 Å². The lowest BCUT2D eigenvalue weighted by molar-refractivity contribution is -0.125. The molecule has 25 heavy (non-hydrogen) atoms. The van der Waals surface area contributed by atoms with Crippen LogP contribution in [0.2, 0.25) is 0 Å². The quantitative estimate of drug-likeness (QED) is 0.836. The van der Waals surface area contributed by atoms with E-state index in [1.807, 2.05) is 32.0 Å². The summed E-state index contributed by atoms with van der Waals surface area (Å²) in [6.45, 7) is 4.15. The molecule has 0 fully saturated rings. The van der Waals surface area contributed by atoms with E-state index in [0.29, 0.717) is 24.5 Å². The van der Waals surface area contributed by atoms with Gasteiger partial charge >= 0.3 is 0 Å². The molecule has 2 aromatic rings. The first-order chi connectivity index (χ1) is 11.9. The van der Waals surface area contributed by atoms with E-state index in [-0.39, 0.29) is 11.7 Å². The predicted octanol–water partition coefficient (Wildman–Crippen LogP) is 3.48. The predicted molar refractivity (Wildman–Crippen MR) is 95.7 cm³/mol. The zero-order valence-electron chi connectivity index (χ0n) is 15.1. The normalized spacial score (nSPS) is 11.1. The van der Waals surface area contributed by atoms with Gasteiger partial charge in [0.25, 0.3) is 0 Å². The SMILES string of the molecule is COc1ccc(CCNC(=O)C(C)(C)c2ccc(F)cc2)cc1OC. The lowest BCUT2D eigenvalue weighted by atomic mass is 9.83. The Morgan fingerprint density at radius 1 is 1.04 bits per heavy atom. The van der Waals surface area contributed by atoms with Gasteiger partial charge in [-0.25, -0.2) is 4.39 Å². The number of halogens is 1. The minimum atomic E-state index is -0.731. The fourth-order valence-corrected chi connectivity index (χ4v) is 2.58. The molecule has 0 aromatic heterocycles. The molecule has 1 amide bonds. The van der Waals surface area contributed by atoms with Crippen LogP contribution in [-0.2, 0) is 16.6 Å². The van der Waals surface area contributed by atoms with Crippen LogP contribution in [0.5, 0.6) is 11.5 Å². The Hall–Kier alpha value is -2.56. The summed E-state index contributed by atoms with van der Waals surface area (Å²) in [5.41, 5.74) is 1.08. The van der Waals surface area contributed by atoms with Crippen LogP contribution in [0, 0.1) is 5.82 Å². The fraction of sp³-hybridized carbons (Fsp3) is 0.350. The van der Waals surface area contributed by atoms with Gasteiger partial charge in [-0.15, -0.1) is 0 Å². The van der Waals surface area contributed by atoms with Gasteiger partial charge < -0.3 is 14.8 Å². The molecule has 0 radical (unpaired) electrons. The highest BCUT2D eigenvalue weighted by molar-refractivity contribution is 5.87. The smallest absolute Gasteiger partial charge is 0.230 e. The lowest BCUT2D eigenvalue weighted by Crippen LogP contribution is -2.40. The molecule has 134 valence electrons. The van der Waals surface area contributed by atoms with Gasteiger partial charge in [-0.3, -0.25) is 4.79 Å². The number of nitrogens with one attached hydrogen (secondary N) is 1. The maximum atomic E-state index is 13.1. The maximum Gasteiger partial charge on any atom is 0.230 e. The molecule has 0 spiro atoms. The summed E-state index contributed by atoms with van der Waals surface area (Å²) in [6.07, 6.45) is 0.672. The van der Waals surface area contributed by atoms with E-state index in [1.165, 1.54) is 12.1 Å². The number of carbonyl (C=O) groups is 1. The van der Waals surface area contributed by atoms with Crippen molar-refractivity contribution in [3.8, 4) is 11.5 Å². The van der Waals surface area contributed by atoms with E-state index in [1.54, 1.807) is 26.4 Å². The highest BCUT2D eigenvalue weighted by Crippen LogP contribution is 2.28. The van der Waals surface area contributed by atoms with Crippen molar-refractivity contribution in [2.24, 2.45) is 0 Å². The van der Waals surface area contributed by atoms with Crippen LogP contribution < -0.4 is 14.8 Å². The Bertz CT molecular complexity index is 726. The van der Waals surface area contributed by atoms with E-state index < -0.39 is 5.41 Å². The van der Waals surface area contributed by atoms with E-state index in [2.05, 4.69) is 5.32 Å². The molecule has 0 atom stereocenters. The zero-order valence-corrected chi connectivity index (χ0v) is 15.1. The van der Waals surface area contributed by atoms with Crippen molar-refractivity contribution in [1.29, 1.82) is 0 Å². The molecule has 0 aliphatic carbocycles. The summed E-state index contributed by atoms with van der Waals surface area (Å²) in [7, 11) is 3.18. The molecule has 4 nitrogen and oxygen atoms in total. The van der Waals surface area contributed by atoms with E-state index >= 15 is 0 Å². The number of hydrogen-bond donors (Lipinski definition) is 1. The van der Waals surface area contributed by atoms with E-state index in [4.69, 9.17) is 9.47 Å². The fourth-order valence-electron chi connectivity index (χ4n) is 2.58. The summed E-state index contributed by atoms with van der Waals surface area (Å²) in [5.74, 6) is 0.929. The monoisotopic (exact) mass is 345 g/mol. The van der Waals surface area contributed by atoms with Crippen LogP contribution in [0.25, 0.3) is 0 Å². The molecule has 0 bridgehead atoms. The second-order valence-corrected chi connectivity index (χ2v) is 6.33. The maximum absolute atomic E-state index is 13.1. The average Bonchev–Trinajstić information content (AvgIpc) is 2.61. The second kappa shape index (κ2) is 8.01. The molecular weight excluding hydrogens is 321 g/mol. The highest BCUT2D eigenvalue weighted by atomic mass is 19.1. The van der Waals surface area contributed by atoms with E-state index in [0.717, 1.165) is 11.1 Å². The molecule has 5 heteroatoms. The first kappa shape index (κ1) is 18.8. The molecule has 0 unspecified atom stereocenters. The van der Waals surface area contributed by atoms with Gasteiger partial charge in [0.2, 0.25) is 5.91 Å². The largest absolute Gasteiger partial charge is 0.493 e. The topological polar surface area (TPSA) is 47.6 Å². The first-order valence-corrected chi connectivity index (χ1v) is 8.13. The third kappa shape index (κ3) is 4.50. The van der Waals surface area contributed by atoms with Crippen molar-refractivity contribution in [3.05, 3.63) is 59.4 Å². The standard InChI is InChI=1S/C20H24FNO3/c1-20(2,15-6-8-16(21)9-7-15)19(23)22-12-11-14-5-10-17(24-3)18(13-14)25-4/h5-10,13H,11-12H2,1-4H3,(H,22,23). The molecule has 0 aliphatic rings. The molecule has 0 saturated carbocycles. The minimum Gasteiger partial charge on any atom is -0.493 e. The molecule has 2 aromatic carbocycles. The van der Waals surface area contributed by atoms with Gasteiger partial charge in [0.05, 0.1) is 19.6 Å². The number of amides is 1. The van der Waals surface area contributed by atoms with Crippen LogP contribution in [0.15, 0.2) is 42.5 Å². The van der Waals surface area contributed by atoms with Crippen molar-refractivity contribution in [2.45, 2.75) is 25.7 Å². The van der Waals surface area contributed by atoms with Crippen molar-refractivity contribution in [3.63, 3.8) is 0 Å². The van der Waals surface area contributed by atoms with Gasteiger partial charge in [0.15, 0.2) is 11.5 Å². The van der Waals surface area contributed by atoms with Crippen molar-refractivity contribution < 1.29 is 18.7 Å². The summed E-state index contributed by atoms with van der Waals surface area (Å²) in [5, 5.41) is 2.95. The molecule has 2 rings (SSSR count). The first-order valence-electron chi connectivity index (χ1n) is 8.13. The Labute approximate surface area is 148 Å². The number of ether oxygens (including phenoxy) is 2. The third-order valence-electron chi connectivity index (χ3n) is 4.28. The average molecular weight is 345 g/mol. The molecular formula is C20H24FNO3. The number of hydrogen-bond acceptors (Lipinski definition) is 3. The number of carbonyl (C=O) groups excluding carboxylic acids is 1. The van der Waals surface area contributed by atoms with Gasteiger partial charge in [-0.1, -0.05) is 18.2 Å². The van der Waals surface area contributed by atoms with Crippen molar-refractivity contribution in [1.82, 2.24) is 5.32 Å². The van der Waals surface area contributed by atoms with Gasteiger partial charge in [0.1, 0.15) is 5.82 Å². The molecule has 0 aliphatic heterocycles. The Morgan fingerprint density at radius 3 is 2.28 bits per heavy atom. The second-order valence-electron chi connectivity index (χ2n) is 6.33. The van der Waals surface area contributed by atoms with Crippen LogP contribution in [0.1, 0.15) is 25.0 Å². The van der Waals surface area contributed by atoms with Crippen molar-refractivity contribution in [2.75, 3.05) is 20.8 Å². The zero-order chi connectivity index (χ0) is 18.4. The summed E-state index contributed by atoms with van der Waals surface area (Å²) in [6, 6.07) is 11.7. The van der Waals surface area contributed by atoms with Gasteiger partial charge in [-0.05, 0) is 55.7 Å². The Kier molecular flexibility index (Phi) is 6.02. The van der Waals surface area contributed by atoms with Gasteiger partial charge in [0, 0.05) is 6.54 Å². The Balaban J connectivity index is 1.96. The highest BCUT2D eigenvalue weighted by Gasteiger charge is 2.29.